The molecule has 2 heterocycles. The average molecular weight is 791 g/mol. The number of methoxy groups -OCH3 is 2. The van der Waals surface area contributed by atoms with Crippen LogP contribution in [0.4, 0.5) is 0 Å². The summed E-state index contributed by atoms with van der Waals surface area (Å²) in [5.74, 6) is 0. The molecular formula is C48H54O10. The summed E-state index contributed by atoms with van der Waals surface area (Å²) in [6.45, 7) is 2.11. The molecule has 0 radical (unpaired) electrons. The summed E-state index contributed by atoms with van der Waals surface area (Å²) < 4.78 is 64.8. The van der Waals surface area contributed by atoms with Crippen LogP contribution in [0.15, 0.2) is 152 Å². The molecular weight excluding hydrogens is 737 g/mol. The molecule has 58 heavy (non-hydrogen) atoms. The largest absolute Gasteiger partial charge is 0.374 e. The molecule has 0 N–H and O–H groups in total. The highest BCUT2D eigenvalue weighted by molar-refractivity contribution is 5.17. The highest BCUT2D eigenvalue weighted by atomic mass is 16.8. The van der Waals surface area contributed by atoms with Crippen molar-refractivity contribution < 1.29 is 47.4 Å². The summed E-state index contributed by atoms with van der Waals surface area (Å²) in [6.07, 6.45) is -5.64. The van der Waals surface area contributed by atoms with Gasteiger partial charge >= 0.3 is 0 Å². The molecule has 0 aromatic heterocycles. The topological polar surface area (TPSA) is 92.3 Å². The van der Waals surface area contributed by atoms with E-state index in [2.05, 4.69) is 0 Å². The Morgan fingerprint density at radius 2 is 0.707 bits per heavy atom. The van der Waals surface area contributed by atoms with Crippen LogP contribution in [-0.2, 0) is 80.4 Å². The molecule has 7 rings (SSSR count). The third kappa shape index (κ3) is 11.7. The van der Waals surface area contributed by atoms with Gasteiger partial charge in [0.15, 0.2) is 12.6 Å². The SMILES string of the molecule is CO[C@H]1O[C@H](CO[C@@H]2O[C@H](COCc3ccccc3)[C@@H](OCc3ccccc3)[C@H]2OCc2ccccc2)[C@@H](OCc2ccccc2)[C@H](OCc2ccccc2)[C@H]1OC. The second-order valence-corrected chi connectivity index (χ2v) is 14.4. The molecule has 10 heteroatoms. The normalized spacial score (nSPS) is 25.8. The molecule has 5 aromatic rings. The van der Waals surface area contributed by atoms with Gasteiger partial charge < -0.3 is 47.4 Å². The maximum Gasteiger partial charge on any atom is 0.187 e. The lowest BCUT2D eigenvalue weighted by atomic mass is 9.98. The molecule has 5 aromatic carbocycles. The summed E-state index contributed by atoms with van der Waals surface area (Å²) in [6, 6.07) is 50.2. The van der Waals surface area contributed by atoms with Crippen LogP contribution in [0, 0.1) is 0 Å². The standard InChI is InChI=1S/C48H54O10/c1-49-45-44(54-31-38-24-14-6-15-25-38)42(52-29-36-20-10-4-11-21-36)41(57-47(45)50-2)34-56-48-46(55-32-39-26-16-7-17-27-39)43(53-30-37-22-12-5-13-23-37)40(58-48)33-51-28-35-18-8-3-9-19-35/h3-27,40-48H,28-34H2,1-2H3/t40-,41-,42-,43-,44+,45-,46-,47+,48-/m1/s1. The fourth-order valence-corrected chi connectivity index (χ4v) is 7.30. The molecule has 0 unspecified atom stereocenters. The maximum absolute atomic E-state index is 6.74. The van der Waals surface area contributed by atoms with Crippen LogP contribution in [0.1, 0.15) is 27.8 Å². The quantitative estimate of drug-likeness (QED) is 0.0738. The van der Waals surface area contributed by atoms with Crippen LogP contribution in [0.5, 0.6) is 0 Å². The summed E-state index contributed by atoms with van der Waals surface area (Å²) in [7, 11) is 3.22. The van der Waals surface area contributed by atoms with Crippen LogP contribution >= 0.6 is 0 Å². The number of hydrogen-bond donors (Lipinski definition) is 0. The fraction of sp³-hybridized carbons (Fsp3) is 0.375. The van der Waals surface area contributed by atoms with E-state index in [4.69, 9.17) is 47.4 Å². The lowest BCUT2D eigenvalue weighted by molar-refractivity contribution is -0.324. The van der Waals surface area contributed by atoms with Gasteiger partial charge in [-0.3, -0.25) is 0 Å². The zero-order valence-corrected chi connectivity index (χ0v) is 33.2. The minimum Gasteiger partial charge on any atom is -0.374 e. The summed E-state index contributed by atoms with van der Waals surface area (Å²) in [4.78, 5) is 0. The highest BCUT2D eigenvalue weighted by Crippen LogP contribution is 2.33. The van der Waals surface area contributed by atoms with E-state index in [0.29, 0.717) is 33.0 Å². The molecule has 2 aliphatic heterocycles. The molecule has 10 nitrogen and oxygen atoms in total. The molecule has 0 spiro atoms. The van der Waals surface area contributed by atoms with Crippen LogP contribution in [-0.4, -0.2) is 82.7 Å². The highest BCUT2D eigenvalue weighted by Gasteiger charge is 2.51. The van der Waals surface area contributed by atoms with Crippen molar-refractivity contribution in [1.29, 1.82) is 0 Å². The summed E-state index contributed by atoms with van der Waals surface area (Å²) in [5, 5.41) is 0. The smallest absolute Gasteiger partial charge is 0.187 e. The molecule has 2 saturated heterocycles. The molecule has 2 aliphatic rings. The molecule has 0 amide bonds. The van der Waals surface area contributed by atoms with Gasteiger partial charge in [0.1, 0.15) is 42.7 Å². The van der Waals surface area contributed by atoms with Gasteiger partial charge in [-0.2, -0.15) is 0 Å². The Morgan fingerprint density at radius 3 is 1.14 bits per heavy atom. The molecule has 0 bridgehead atoms. The molecule has 0 saturated carbocycles. The van der Waals surface area contributed by atoms with Gasteiger partial charge in [-0.15, -0.1) is 0 Å². The minimum absolute atomic E-state index is 0.0693. The molecule has 2 fully saturated rings. The second-order valence-electron chi connectivity index (χ2n) is 14.4. The predicted octanol–water partition coefficient (Wildman–Crippen LogP) is 7.67. The number of hydrogen-bond acceptors (Lipinski definition) is 10. The number of rotatable bonds is 21. The molecule has 9 atom stereocenters. The number of benzene rings is 5. The van der Waals surface area contributed by atoms with E-state index in [9.17, 15) is 0 Å². The van der Waals surface area contributed by atoms with Gasteiger partial charge in [0.05, 0.1) is 46.2 Å². The monoisotopic (exact) mass is 790 g/mol. The van der Waals surface area contributed by atoms with Gasteiger partial charge in [-0.25, -0.2) is 0 Å². The van der Waals surface area contributed by atoms with Crippen LogP contribution < -0.4 is 0 Å². The van der Waals surface area contributed by atoms with E-state index in [-0.39, 0.29) is 13.2 Å². The lowest BCUT2D eigenvalue weighted by Gasteiger charge is -2.45. The average Bonchev–Trinajstić information content (AvgIpc) is 3.62. The first-order valence-corrected chi connectivity index (χ1v) is 19.9. The van der Waals surface area contributed by atoms with E-state index in [1.54, 1.807) is 14.2 Å². The van der Waals surface area contributed by atoms with Crippen LogP contribution in [0.25, 0.3) is 0 Å². The van der Waals surface area contributed by atoms with Crippen molar-refractivity contribution in [3.05, 3.63) is 179 Å². The van der Waals surface area contributed by atoms with E-state index in [0.717, 1.165) is 27.8 Å². The number of ether oxygens (including phenoxy) is 10. The van der Waals surface area contributed by atoms with Gasteiger partial charge in [-0.05, 0) is 27.8 Å². The Balaban J connectivity index is 1.13. The first-order chi connectivity index (χ1) is 28.7. The van der Waals surface area contributed by atoms with E-state index in [1.165, 1.54) is 0 Å². The summed E-state index contributed by atoms with van der Waals surface area (Å²) >= 11 is 0. The van der Waals surface area contributed by atoms with Crippen molar-refractivity contribution >= 4 is 0 Å². The predicted molar refractivity (Wildman–Crippen MR) is 217 cm³/mol. The zero-order valence-electron chi connectivity index (χ0n) is 33.2. The van der Waals surface area contributed by atoms with E-state index < -0.39 is 55.3 Å². The van der Waals surface area contributed by atoms with E-state index in [1.807, 2.05) is 152 Å². The maximum atomic E-state index is 6.74. The Hall–Kier alpha value is -4.30. The minimum atomic E-state index is -0.835. The van der Waals surface area contributed by atoms with Gasteiger partial charge in [-0.1, -0.05) is 152 Å². The lowest BCUT2D eigenvalue weighted by Crippen LogP contribution is -2.61. The van der Waals surface area contributed by atoms with Crippen molar-refractivity contribution in [3.8, 4) is 0 Å². The van der Waals surface area contributed by atoms with Crippen molar-refractivity contribution in [2.75, 3.05) is 27.4 Å². The van der Waals surface area contributed by atoms with Crippen molar-refractivity contribution in [2.24, 2.45) is 0 Å². The van der Waals surface area contributed by atoms with Crippen LogP contribution in [0.2, 0.25) is 0 Å². The first kappa shape index (κ1) is 41.8. The van der Waals surface area contributed by atoms with Gasteiger partial charge in [0.2, 0.25) is 0 Å². The Labute approximate surface area is 341 Å². The third-order valence-corrected chi connectivity index (χ3v) is 10.3. The van der Waals surface area contributed by atoms with Gasteiger partial charge in [0.25, 0.3) is 0 Å². The molecule has 0 aliphatic carbocycles. The second kappa shape index (κ2) is 22.2. The third-order valence-electron chi connectivity index (χ3n) is 10.3. The van der Waals surface area contributed by atoms with Gasteiger partial charge in [0, 0.05) is 14.2 Å². The van der Waals surface area contributed by atoms with Crippen molar-refractivity contribution in [2.45, 2.75) is 88.3 Å². The Bertz CT molecular complexity index is 1850. The Kier molecular flexibility index (Phi) is 16.0. The van der Waals surface area contributed by atoms with Crippen molar-refractivity contribution in [1.82, 2.24) is 0 Å². The van der Waals surface area contributed by atoms with E-state index >= 15 is 0 Å². The fourth-order valence-electron chi connectivity index (χ4n) is 7.30. The first-order valence-electron chi connectivity index (χ1n) is 19.9. The van der Waals surface area contributed by atoms with Crippen LogP contribution in [0.3, 0.4) is 0 Å². The molecule has 306 valence electrons. The van der Waals surface area contributed by atoms with Crippen molar-refractivity contribution in [3.63, 3.8) is 0 Å². The zero-order chi connectivity index (χ0) is 39.8. The Morgan fingerprint density at radius 1 is 0.345 bits per heavy atom. The summed E-state index contributed by atoms with van der Waals surface area (Å²) in [5.41, 5.74) is 5.15.